The molecule has 0 amide bonds. The fourth-order valence-corrected chi connectivity index (χ4v) is 2.24. The number of ether oxygens (including phenoxy) is 1. The molecule has 0 saturated carbocycles. The van der Waals surface area contributed by atoms with Gasteiger partial charge in [-0.1, -0.05) is 35.0 Å². The minimum atomic E-state index is 0.324. The van der Waals surface area contributed by atoms with Crippen molar-refractivity contribution in [2.45, 2.75) is 13.5 Å². The number of halogens is 3. The van der Waals surface area contributed by atoms with E-state index < -0.39 is 0 Å². The first-order valence-corrected chi connectivity index (χ1v) is 7.61. The normalized spacial score (nSPS) is 9.90. The molecule has 1 nitrogen and oxygen atoms in total. The first kappa shape index (κ1) is 16.0. The van der Waals surface area contributed by atoms with Gasteiger partial charge in [-0.25, -0.2) is 0 Å². The second-order valence-corrected chi connectivity index (χ2v) is 5.55. The van der Waals surface area contributed by atoms with Crippen LogP contribution in [-0.2, 0) is 6.61 Å². The molecule has 4 heteroatoms. The number of hydrogen-bond acceptors (Lipinski definition) is 1. The van der Waals surface area contributed by atoms with Gasteiger partial charge in [-0.05, 0) is 48.9 Å². The Balaban J connectivity index is 2.10. The summed E-state index contributed by atoms with van der Waals surface area (Å²) < 4.78 is 5.75. The van der Waals surface area contributed by atoms with Crippen molar-refractivity contribution >= 4 is 34.8 Å². The molecular weight excluding hydrogens is 327 g/mol. The SMILES string of the molecule is Cc1cc(OCc2cc(Cl)ccc2Cl)ccc1C#CCCl. The van der Waals surface area contributed by atoms with Crippen molar-refractivity contribution in [2.75, 3.05) is 5.88 Å². The van der Waals surface area contributed by atoms with Gasteiger partial charge >= 0.3 is 0 Å². The quantitative estimate of drug-likeness (QED) is 0.532. The zero-order valence-electron chi connectivity index (χ0n) is 11.4. The van der Waals surface area contributed by atoms with Gasteiger partial charge in [-0.2, -0.15) is 0 Å². The average molecular weight is 340 g/mol. The van der Waals surface area contributed by atoms with E-state index in [1.807, 2.05) is 25.1 Å². The van der Waals surface area contributed by atoms with E-state index in [-0.39, 0.29) is 0 Å². The lowest BCUT2D eigenvalue weighted by Gasteiger charge is -2.09. The molecule has 0 heterocycles. The van der Waals surface area contributed by atoms with E-state index in [4.69, 9.17) is 39.5 Å². The van der Waals surface area contributed by atoms with Crippen LogP contribution in [0, 0.1) is 18.8 Å². The van der Waals surface area contributed by atoms with E-state index in [9.17, 15) is 0 Å². The summed E-state index contributed by atoms with van der Waals surface area (Å²) in [6, 6.07) is 11.1. The van der Waals surface area contributed by atoms with Gasteiger partial charge in [0.25, 0.3) is 0 Å². The molecule has 0 radical (unpaired) electrons. The maximum Gasteiger partial charge on any atom is 0.120 e. The third kappa shape index (κ3) is 4.58. The molecule has 0 aliphatic rings. The summed E-state index contributed by atoms with van der Waals surface area (Å²) >= 11 is 17.6. The molecule has 0 bridgehead atoms. The van der Waals surface area contributed by atoms with Crippen molar-refractivity contribution in [3.8, 4) is 17.6 Å². The lowest BCUT2D eigenvalue weighted by molar-refractivity contribution is 0.306. The Bertz CT molecular complexity index is 699. The second-order valence-electron chi connectivity index (χ2n) is 4.44. The predicted molar refractivity (Wildman–Crippen MR) is 89.6 cm³/mol. The Labute approximate surface area is 139 Å². The van der Waals surface area contributed by atoms with Crippen LogP contribution in [0.25, 0.3) is 0 Å². The number of alkyl halides is 1. The summed E-state index contributed by atoms with van der Waals surface area (Å²) in [5.41, 5.74) is 2.85. The van der Waals surface area contributed by atoms with Crippen LogP contribution in [0.5, 0.6) is 5.75 Å². The third-order valence-electron chi connectivity index (χ3n) is 2.89. The van der Waals surface area contributed by atoms with Crippen LogP contribution in [0.1, 0.15) is 16.7 Å². The second kappa shape index (κ2) is 7.61. The van der Waals surface area contributed by atoms with Gasteiger partial charge in [0.1, 0.15) is 12.4 Å². The summed E-state index contributed by atoms with van der Waals surface area (Å²) in [7, 11) is 0. The van der Waals surface area contributed by atoms with Crippen molar-refractivity contribution in [1.29, 1.82) is 0 Å². The van der Waals surface area contributed by atoms with Gasteiger partial charge in [-0.3, -0.25) is 0 Å². The Kier molecular flexibility index (Phi) is 5.82. The lowest BCUT2D eigenvalue weighted by Crippen LogP contribution is -1.97. The van der Waals surface area contributed by atoms with Crippen molar-refractivity contribution in [1.82, 2.24) is 0 Å². The minimum Gasteiger partial charge on any atom is -0.489 e. The first-order chi connectivity index (χ1) is 10.1. The predicted octanol–water partition coefficient (Wildman–Crippen LogP) is 5.47. The van der Waals surface area contributed by atoms with Gasteiger partial charge in [0.15, 0.2) is 0 Å². The molecule has 21 heavy (non-hydrogen) atoms. The van der Waals surface area contributed by atoms with E-state index in [1.165, 1.54) is 0 Å². The smallest absolute Gasteiger partial charge is 0.120 e. The van der Waals surface area contributed by atoms with Crippen LogP contribution in [0.3, 0.4) is 0 Å². The monoisotopic (exact) mass is 338 g/mol. The molecule has 0 spiro atoms. The summed E-state index contributed by atoms with van der Waals surface area (Å²) in [4.78, 5) is 0. The summed E-state index contributed by atoms with van der Waals surface area (Å²) in [6.07, 6.45) is 0. The highest BCUT2D eigenvalue weighted by Crippen LogP contribution is 2.23. The maximum atomic E-state index is 6.11. The zero-order valence-corrected chi connectivity index (χ0v) is 13.7. The Morgan fingerprint density at radius 2 is 1.90 bits per heavy atom. The van der Waals surface area contributed by atoms with E-state index in [0.29, 0.717) is 22.5 Å². The molecule has 2 rings (SSSR count). The van der Waals surface area contributed by atoms with E-state index in [2.05, 4.69) is 11.8 Å². The van der Waals surface area contributed by atoms with Crippen molar-refractivity contribution in [3.63, 3.8) is 0 Å². The highest BCUT2D eigenvalue weighted by molar-refractivity contribution is 6.33. The van der Waals surface area contributed by atoms with Crippen molar-refractivity contribution in [3.05, 3.63) is 63.1 Å². The van der Waals surface area contributed by atoms with Crippen LogP contribution >= 0.6 is 34.8 Å². The molecular formula is C17H13Cl3O. The van der Waals surface area contributed by atoms with Gasteiger partial charge < -0.3 is 4.74 Å². The number of benzene rings is 2. The van der Waals surface area contributed by atoms with Crippen LogP contribution in [0.2, 0.25) is 10.0 Å². The maximum absolute atomic E-state index is 6.11. The van der Waals surface area contributed by atoms with E-state index >= 15 is 0 Å². The van der Waals surface area contributed by atoms with Gasteiger partial charge in [0.2, 0.25) is 0 Å². The zero-order chi connectivity index (χ0) is 15.2. The molecule has 0 fully saturated rings. The Morgan fingerprint density at radius 3 is 2.62 bits per heavy atom. The highest BCUT2D eigenvalue weighted by atomic mass is 35.5. The fraction of sp³-hybridized carbons (Fsp3) is 0.176. The average Bonchev–Trinajstić information content (AvgIpc) is 2.47. The van der Waals surface area contributed by atoms with Gasteiger partial charge in [-0.15, -0.1) is 11.6 Å². The number of rotatable bonds is 3. The minimum absolute atomic E-state index is 0.324. The molecule has 0 saturated heterocycles. The molecule has 2 aromatic rings. The molecule has 108 valence electrons. The van der Waals surface area contributed by atoms with Crippen LogP contribution in [0.15, 0.2) is 36.4 Å². The highest BCUT2D eigenvalue weighted by Gasteiger charge is 2.04. The molecule has 0 aliphatic carbocycles. The molecule has 0 aliphatic heterocycles. The summed E-state index contributed by atoms with van der Waals surface area (Å²) in [6.45, 7) is 2.35. The Morgan fingerprint density at radius 1 is 1.10 bits per heavy atom. The molecule has 2 aromatic carbocycles. The van der Waals surface area contributed by atoms with Crippen molar-refractivity contribution < 1.29 is 4.74 Å². The van der Waals surface area contributed by atoms with Crippen molar-refractivity contribution in [2.24, 2.45) is 0 Å². The lowest BCUT2D eigenvalue weighted by atomic mass is 10.1. The van der Waals surface area contributed by atoms with Gasteiger partial charge in [0, 0.05) is 21.2 Å². The van der Waals surface area contributed by atoms with E-state index in [1.54, 1.807) is 18.2 Å². The van der Waals surface area contributed by atoms with Crippen LogP contribution in [0.4, 0.5) is 0 Å². The van der Waals surface area contributed by atoms with Crippen LogP contribution < -0.4 is 4.74 Å². The standard InChI is InChI=1S/C17H13Cl3O/c1-12-9-16(6-4-13(12)3-2-8-18)21-11-14-10-15(19)5-7-17(14)20/h4-7,9-10H,8,11H2,1H3. The Hall–Kier alpha value is -1.33. The largest absolute Gasteiger partial charge is 0.489 e. The summed E-state index contributed by atoms with van der Waals surface area (Å²) in [5.74, 6) is 6.93. The molecule has 0 N–H and O–H groups in total. The first-order valence-electron chi connectivity index (χ1n) is 6.32. The van der Waals surface area contributed by atoms with Gasteiger partial charge in [0.05, 0.1) is 5.88 Å². The topological polar surface area (TPSA) is 9.23 Å². The van der Waals surface area contributed by atoms with Crippen LogP contribution in [-0.4, -0.2) is 5.88 Å². The fourth-order valence-electron chi connectivity index (χ4n) is 1.81. The number of hydrogen-bond donors (Lipinski definition) is 0. The summed E-state index contributed by atoms with van der Waals surface area (Å²) in [5, 5.41) is 1.28. The third-order valence-corrected chi connectivity index (χ3v) is 3.63. The molecule has 0 atom stereocenters. The number of aryl methyl sites for hydroxylation is 1. The van der Waals surface area contributed by atoms with E-state index in [0.717, 1.165) is 22.4 Å². The molecule has 0 unspecified atom stereocenters. The molecule has 0 aromatic heterocycles.